The quantitative estimate of drug-likeness (QED) is 0.546. The van der Waals surface area contributed by atoms with Crippen molar-refractivity contribution in [2.75, 3.05) is 0 Å². The van der Waals surface area contributed by atoms with Gasteiger partial charge in [-0.2, -0.15) is 5.26 Å². The van der Waals surface area contributed by atoms with Crippen molar-refractivity contribution < 1.29 is 0 Å². The summed E-state index contributed by atoms with van der Waals surface area (Å²) in [5.74, 6) is 2.53. The fourth-order valence-corrected chi connectivity index (χ4v) is 0.869. The Balaban J connectivity index is 2.96. The van der Waals surface area contributed by atoms with Crippen LogP contribution < -0.4 is 0 Å². The van der Waals surface area contributed by atoms with Crippen LogP contribution in [0.5, 0.6) is 0 Å². The molecule has 11 heavy (non-hydrogen) atoms. The molecule has 1 aromatic carbocycles. The second kappa shape index (κ2) is 3.44. The zero-order chi connectivity index (χ0) is 8.10. The van der Waals surface area contributed by atoms with Gasteiger partial charge in [-0.15, -0.1) is 12.3 Å². The molecule has 0 saturated carbocycles. The highest BCUT2D eigenvalue weighted by molar-refractivity contribution is 5.33. The molecule has 0 aliphatic carbocycles. The Morgan fingerprint density at radius 3 is 2.91 bits per heavy atom. The molecule has 52 valence electrons. The maximum atomic E-state index is 8.53. The number of nitriles is 1. The van der Waals surface area contributed by atoms with Crippen molar-refractivity contribution in [1.82, 2.24) is 0 Å². The number of terminal acetylenes is 1. The Morgan fingerprint density at radius 1 is 1.45 bits per heavy atom. The molecule has 0 N–H and O–H groups in total. The summed E-state index contributed by atoms with van der Waals surface area (Å²) in [6, 6.07) is 9.38. The van der Waals surface area contributed by atoms with Gasteiger partial charge in [0.05, 0.1) is 11.6 Å². The molecule has 0 bridgehead atoms. The summed E-state index contributed by atoms with van der Waals surface area (Å²) in [5.41, 5.74) is 1.68. The van der Waals surface area contributed by atoms with Crippen LogP contribution in [0.1, 0.15) is 11.1 Å². The van der Waals surface area contributed by atoms with Crippen molar-refractivity contribution in [3.05, 3.63) is 35.4 Å². The molecule has 0 heterocycles. The Labute approximate surface area is 66.3 Å². The normalized spacial score (nSPS) is 8.18. The lowest BCUT2D eigenvalue weighted by Crippen LogP contribution is -1.81. The molecule has 0 saturated heterocycles. The molecule has 0 aromatic heterocycles. The standard InChI is InChI=1S/C10H7N/c1-2-4-9-5-3-6-10(7-9)8-11/h1,3,5-7H,4H2. The number of nitrogens with zero attached hydrogens (tertiary/aromatic N) is 1. The Kier molecular flexibility index (Phi) is 2.31. The van der Waals surface area contributed by atoms with Gasteiger partial charge in [-0.05, 0) is 17.7 Å². The monoisotopic (exact) mass is 141 g/mol. The molecular weight excluding hydrogens is 134 g/mol. The third-order valence-corrected chi connectivity index (χ3v) is 1.36. The molecule has 1 rings (SSSR count). The smallest absolute Gasteiger partial charge is 0.0991 e. The van der Waals surface area contributed by atoms with E-state index in [4.69, 9.17) is 11.7 Å². The van der Waals surface area contributed by atoms with Gasteiger partial charge in [0.25, 0.3) is 0 Å². The lowest BCUT2D eigenvalue weighted by atomic mass is 10.1. The molecule has 0 unspecified atom stereocenters. The summed E-state index contributed by atoms with van der Waals surface area (Å²) in [5, 5.41) is 8.53. The summed E-state index contributed by atoms with van der Waals surface area (Å²) < 4.78 is 0. The minimum absolute atomic E-state index is 0.593. The molecular formula is C10H7N. The maximum Gasteiger partial charge on any atom is 0.0991 e. The lowest BCUT2D eigenvalue weighted by Gasteiger charge is -1.93. The van der Waals surface area contributed by atoms with E-state index in [0.717, 1.165) is 5.56 Å². The van der Waals surface area contributed by atoms with Crippen molar-refractivity contribution in [2.24, 2.45) is 0 Å². The number of hydrogen-bond donors (Lipinski definition) is 0. The average Bonchev–Trinajstić information content (AvgIpc) is 2.06. The van der Waals surface area contributed by atoms with Gasteiger partial charge in [0.1, 0.15) is 0 Å². The second-order valence-corrected chi connectivity index (χ2v) is 2.19. The molecule has 1 heteroatoms. The largest absolute Gasteiger partial charge is 0.192 e. The first-order chi connectivity index (χ1) is 5.36. The number of rotatable bonds is 1. The Hall–Kier alpha value is -1.73. The van der Waals surface area contributed by atoms with E-state index in [0.29, 0.717) is 12.0 Å². The molecule has 1 aromatic rings. The average molecular weight is 141 g/mol. The van der Waals surface area contributed by atoms with E-state index >= 15 is 0 Å². The molecule has 1 nitrogen and oxygen atoms in total. The van der Waals surface area contributed by atoms with Gasteiger partial charge < -0.3 is 0 Å². The highest BCUT2D eigenvalue weighted by atomic mass is 14.2. The fraction of sp³-hybridized carbons (Fsp3) is 0.100. The predicted molar refractivity (Wildman–Crippen MR) is 43.7 cm³/mol. The number of benzene rings is 1. The minimum atomic E-state index is 0.593. The van der Waals surface area contributed by atoms with Crippen molar-refractivity contribution in [3.8, 4) is 18.4 Å². The van der Waals surface area contributed by atoms with Crippen LogP contribution in [0.3, 0.4) is 0 Å². The first kappa shape index (κ1) is 7.38. The zero-order valence-corrected chi connectivity index (χ0v) is 6.04. The third kappa shape index (κ3) is 1.85. The van der Waals surface area contributed by atoms with Crippen LogP contribution in [0, 0.1) is 23.7 Å². The lowest BCUT2D eigenvalue weighted by molar-refractivity contribution is 1.31. The van der Waals surface area contributed by atoms with Crippen LogP contribution in [-0.4, -0.2) is 0 Å². The summed E-state index contributed by atoms with van der Waals surface area (Å²) in [6.07, 6.45) is 5.71. The van der Waals surface area contributed by atoms with Crippen LogP contribution in [0.15, 0.2) is 24.3 Å². The van der Waals surface area contributed by atoms with E-state index in [1.807, 2.05) is 12.1 Å². The van der Waals surface area contributed by atoms with E-state index in [9.17, 15) is 0 Å². The molecule has 0 aliphatic heterocycles. The van der Waals surface area contributed by atoms with E-state index in [-0.39, 0.29) is 0 Å². The molecule has 0 fully saturated rings. The van der Waals surface area contributed by atoms with Crippen molar-refractivity contribution in [1.29, 1.82) is 5.26 Å². The van der Waals surface area contributed by atoms with E-state index in [1.165, 1.54) is 0 Å². The van der Waals surface area contributed by atoms with Crippen LogP contribution in [-0.2, 0) is 6.42 Å². The van der Waals surface area contributed by atoms with Gasteiger partial charge >= 0.3 is 0 Å². The van der Waals surface area contributed by atoms with Crippen molar-refractivity contribution >= 4 is 0 Å². The highest BCUT2D eigenvalue weighted by Gasteiger charge is 1.91. The third-order valence-electron chi connectivity index (χ3n) is 1.36. The van der Waals surface area contributed by atoms with E-state index < -0.39 is 0 Å². The van der Waals surface area contributed by atoms with Crippen LogP contribution >= 0.6 is 0 Å². The molecule has 0 radical (unpaired) electrons. The van der Waals surface area contributed by atoms with Crippen molar-refractivity contribution in [3.63, 3.8) is 0 Å². The van der Waals surface area contributed by atoms with Gasteiger partial charge in [-0.1, -0.05) is 12.1 Å². The van der Waals surface area contributed by atoms with Gasteiger partial charge in [0.15, 0.2) is 0 Å². The van der Waals surface area contributed by atoms with Crippen molar-refractivity contribution in [2.45, 2.75) is 6.42 Å². The second-order valence-electron chi connectivity index (χ2n) is 2.19. The highest BCUT2D eigenvalue weighted by Crippen LogP contribution is 2.03. The summed E-state index contributed by atoms with van der Waals surface area (Å²) in [4.78, 5) is 0. The maximum absolute atomic E-state index is 8.53. The first-order valence-electron chi connectivity index (χ1n) is 3.29. The summed E-state index contributed by atoms with van der Waals surface area (Å²) in [7, 11) is 0. The first-order valence-corrected chi connectivity index (χ1v) is 3.29. The SMILES string of the molecule is C#CCc1cccc(C#N)c1. The molecule has 0 atom stereocenters. The van der Waals surface area contributed by atoms with E-state index in [2.05, 4.69) is 12.0 Å². The zero-order valence-electron chi connectivity index (χ0n) is 6.04. The van der Waals surface area contributed by atoms with Crippen LogP contribution in [0.25, 0.3) is 0 Å². The summed E-state index contributed by atoms with van der Waals surface area (Å²) >= 11 is 0. The van der Waals surface area contributed by atoms with Gasteiger partial charge in [0, 0.05) is 6.42 Å². The topological polar surface area (TPSA) is 23.8 Å². The summed E-state index contributed by atoms with van der Waals surface area (Å²) in [6.45, 7) is 0. The molecule has 0 amide bonds. The molecule has 0 aliphatic rings. The van der Waals surface area contributed by atoms with Gasteiger partial charge in [-0.25, -0.2) is 0 Å². The Morgan fingerprint density at radius 2 is 2.27 bits per heavy atom. The van der Waals surface area contributed by atoms with Gasteiger partial charge in [-0.3, -0.25) is 0 Å². The van der Waals surface area contributed by atoms with Gasteiger partial charge in [0.2, 0.25) is 0 Å². The Bertz CT molecular complexity index is 325. The predicted octanol–water partition coefficient (Wildman–Crippen LogP) is 1.73. The van der Waals surface area contributed by atoms with E-state index in [1.54, 1.807) is 12.1 Å². The minimum Gasteiger partial charge on any atom is -0.192 e. The number of hydrogen-bond acceptors (Lipinski definition) is 1. The fourth-order valence-electron chi connectivity index (χ4n) is 0.869. The van der Waals surface area contributed by atoms with Crippen LogP contribution in [0.4, 0.5) is 0 Å². The molecule has 0 spiro atoms. The van der Waals surface area contributed by atoms with Crippen LogP contribution in [0.2, 0.25) is 0 Å².